The zero-order chi connectivity index (χ0) is 20.0. The van der Waals surface area contributed by atoms with E-state index in [9.17, 15) is 23.9 Å². The molecule has 2 amide bonds. The van der Waals surface area contributed by atoms with Crippen molar-refractivity contribution in [3.8, 4) is 5.75 Å². The molecule has 1 atom stereocenters. The van der Waals surface area contributed by atoms with E-state index in [-0.39, 0.29) is 29.7 Å². The Kier molecular flexibility index (Phi) is 6.83. The standard InChI is InChI=1S/C17H18FN3O5S/c1-9(2)6-26-13-5-10(18)3-4-11(13)20-15(22)16(23)21-14(17(24)25)12-7-27-8-19-12/h3-5,7-9,14H,6H2,1-2H3,(H,20,22)(H,21,23)(H,24,25). The Morgan fingerprint density at radius 3 is 2.63 bits per heavy atom. The normalized spacial score (nSPS) is 11.7. The van der Waals surface area contributed by atoms with Crippen molar-refractivity contribution in [3.63, 3.8) is 0 Å². The molecule has 0 bridgehead atoms. The van der Waals surface area contributed by atoms with Crippen molar-refractivity contribution in [1.29, 1.82) is 0 Å². The first kappa shape index (κ1) is 20.3. The molecule has 0 saturated carbocycles. The molecule has 2 aromatic rings. The fourth-order valence-electron chi connectivity index (χ4n) is 1.98. The molecule has 0 aliphatic rings. The second-order valence-corrected chi connectivity index (χ2v) is 6.68. The Labute approximate surface area is 158 Å². The summed E-state index contributed by atoms with van der Waals surface area (Å²) >= 11 is 1.16. The van der Waals surface area contributed by atoms with E-state index in [1.807, 2.05) is 13.8 Å². The van der Waals surface area contributed by atoms with Crippen molar-refractivity contribution in [2.24, 2.45) is 5.92 Å². The van der Waals surface area contributed by atoms with E-state index in [4.69, 9.17) is 4.74 Å². The van der Waals surface area contributed by atoms with Gasteiger partial charge in [-0.1, -0.05) is 13.8 Å². The summed E-state index contributed by atoms with van der Waals surface area (Å²) in [5, 5.41) is 15.1. The van der Waals surface area contributed by atoms with Gasteiger partial charge in [-0.3, -0.25) is 9.59 Å². The largest absolute Gasteiger partial charge is 0.491 e. The summed E-state index contributed by atoms with van der Waals surface area (Å²) in [5.41, 5.74) is 1.61. The number of rotatable bonds is 7. The molecule has 144 valence electrons. The molecule has 2 rings (SSSR count). The Bertz CT molecular complexity index is 826. The molecule has 0 radical (unpaired) electrons. The molecule has 0 fully saturated rings. The average Bonchev–Trinajstić information content (AvgIpc) is 3.13. The van der Waals surface area contributed by atoms with Crippen molar-refractivity contribution in [2.75, 3.05) is 11.9 Å². The lowest BCUT2D eigenvalue weighted by molar-refractivity contribution is -0.143. The lowest BCUT2D eigenvalue weighted by Crippen LogP contribution is -2.40. The molecule has 0 spiro atoms. The third kappa shape index (κ3) is 5.74. The number of carboxylic acid groups (broad SMARTS) is 1. The molecule has 1 heterocycles. The Hall–Kier alpha value is -3.01. The molecule has 1 unspecified atom stereocenters. The Morgan fingerprint density at radius 1 is 1.30 bits per heavy atom. The maximum Gasteiger partial charge on any atom is 0.332 e. The van der Waals surface area contributed by atoms with E-state index in [1.54, 1.807) is 0 Å². The van der Waals surface area contributed by atoms with Crippen molar-refractivity contribution in [2.45, 2.75) is 19.9 Å². The van der Waals surface area contributed by atoms with Crippen LogP contribution in [0.3, 0.4) is 0 Å². The molecule has 3 N–H and O–H groups in total. The molecule has 8 nitrogen and oxygen atoms in total. The van der Waals surface area contributed by atoms with E-state index < -0.39 is 29.6 Å². The minimum atomic E-state index is -1.46. The first-order valence-electron chi connectivity index (χ1n) is 7.93. The van der Waals surface area contributed by atoms with Gasteiger partial charge in [0, 0.05) is 11.4 Å². The summed E-state index contributed by atoms with van der Waals surface area (Å²) in [6.45, 7) is 4.08. The number of anilines is 1. The highest BCUT2D eigenvalue weighted by Crippen LogP contribution is 2.26. The van der Waals surface area contributed by atoms with Gasteiger partial charge < -0.3 is 20.5 Å². The number of nitrogens with zero attached hydrogens (tertiary/aromatic N) is 1. The van der Waals surface area contributed by atoms with Crippen LogP contribution in [-0.4, -0.2) is 34.5 Å². The summed E-state index contributed by atoms with van der Waals surface area (Å²) in [6, 6.07) is 1.99. The SMILES string of the molecule is CC(C)COc1cc(F)ccc1NC(=O)C(=O)NC(C(=O)O)c1cscn1. The molecule has 0 aliphatic carbocycles. The van der Waals surface area contributed by atoms with Crippen LogP contribution in [0.2, 0.25) is 0 Å². The second-order valence-electron chi connectivity index (χ2n) is 5.96. The first-order valence-corrected chi connectivity index (χ1v) is 8.87. The smallest absolute Gasteiger partial charge is 0.332 e. The number of thiazole rings is 1. The highest BCUT2D eigenvalue weighted by Gasteiger charge is 2.27. The van der Waals surface area contributed by atoms with Gasteiger partial charge in [0.1, 0.15) is 11.6 Å². The van der Waals surface area contributed by atoms with Crippen molar-refractivity contribution in [3.05, 3.63) is 40.6 Å². The van der Waals surface area contributed by atoms with Gasteiger partial charge in [-0.25, -0.2) is 14.2 Å². The fraction of sp³-hybridized carbons (Fsp3) is 0.294. The molecule has 0 saturated heterocycles. The predicted octanol–water partition coefficient (Wildman–Crippen LogP) is 2.20. The second kappa shape index (κ2) is 9.08. The molecule has 1 aromatic carbocycles. The quantitative estimate of drug-likeness (QED) is 0.619. The van der Waals surface area contributed by atoms with Gasteiger partial charge in [-0.05, 0) is 18.1 Å². The summed E-state index contributed by atoms with van der Waals surface area (Å²) < 4.78 is 18.9. The van der Waals surface area contributed by atoms with Gasteiger partial charge >= 0.3 is 17.8 Å². The fourth-order valence-corrected chi connectivity index (χ4v) is 2.56. The molecule has 1 aromatic heterocycles. The minimum Gasteiger partial charge on any atom is -0.491 e. The summed E-state index contributed by atoms with van der Waals surface area (Å²) in [4.78, 5) is 39.3. The summed E-state index contributed by atoms with van der Waals surface area (Å²) in [7, 11) is 0. The van der Waals surface area contributed by atoms with Crippen LogP contribution < -0.4 is 15.4 Å². The van der Waals surface area contributed by atoms with Crippen molar-refractivity contribution >= 4 is 34.8 Å². The summed E-state index contributed by atoms with van der Waals surface area (Å²) in [6.07, 6.45) is 0. The highest BCUT2D eigenvalue weighted by atomic mass is 32.1. The van der Waals surface area contributed by atoms with Gasteiger partial charge in [-0.15, -0.1) is 11.3 Å². The maximum atomic E-state index is 13.4. The number of hydrogen-bond donors (Lipinski definition) is 3. The van der Waals surface area contributed by atoms with Gasteiger partial charge in [-0.2, -0.15) is 0 Å². The lowest BCUT2D eigenvalue weighted by Gasteiger charge is -2.15. The van der Waals surface area contributed by atoms with Crippen LogP contribution >= 0.6 is 11.3 Å². The number of hydrogen-bond acceptors (Lipinski definition) is 6. The first-order chi connectivity index (χ1) is 12.8. The van der Waals surface area contributed by atoms with Gasteiger partial charge in [0.05, 0.1) is 23.5 Å². The van der Waals surface area contributed by atoms with Gasteiger partial charge in [0.15, 0.2) is 6.04 Å². The number of carbonyl (C=O) groups is 3. The van der Waals surface area contributed by atoms with Crippen LogP contribution in [0.4, 0.5) is 10.1 Å². The number of amides is 2. The van der Waals surface area contributed by atoms with Crippen LogP contribution in [0.15, 0.2) is 29.1 Å². The zero-order valence-corrected chi connectivity index (χ0v) is 15.4. The van der Waals surface area contributed by atoms with Gasteiger partial charge in [0.25, 0.3) is 0 Å². The lowest BCUT2D eigenvalue weighted by atomic mass is 10.2. The van der Waals surface area contributed by atoms with E-state index in [1.165, 1.54) is 17.0 Å². The number of aromatic nitrogens is 1. The molecular weight excluding hydrogens is 377 g/mol. The molecular formula is C17H18FN3O5S. The van der Waals surface area contributed by atoms with E-state index >= 15 is 0 Å². The van der Waals surface area contributed by atoms with E-state index in [2.05, 4.69) is 15.6 Å². The molecule has 27 heavy (non-hydrogen) atoms. The topological polar surface area (TPSA) is 118 Å². The van der Waals surface area contributed by atoms with Crippen LogP contribution in [0.5, 0.6) is 5.75 Å². The van der Waals surface area contributed by atoms with E-state index in [0.717, 1.165) is 23.5 Å². The third-order valence-corrected chi connectivity index (χ3v) is 3.84. The van der Waals surface area contributed by atoms with E-state index in [0.29, 0.717) is 0 Å². The number of halogens is 1. The van der Waals surface area contributed by atoms with Crippen LogP contribution in [-0.2, 0) is 14.4 Å². The van der Waals surface area contributed by atoms with Crippen molar-refractivity contribution in [1.82, 2.24) is 10.3 Å². The Balaban J connectivity index is 2.09. The maximum absolute atomic E-state index is 13.4. The summed E-state index contributed by atoms with van der Waals surface area (Å²) in [5.74, 6) is -3.98. The number of aliphatic carboxylic acids is 1. The number of carboxylic acids is 1. The predicted molar refractivity (Wildman–Crippen MR) is 96.0 cm³/mol. The van der Waals surface area contributed by atoms with Crippen molar-refractivity contribution < 1.29 is 28.6 Å². The number of carbonyl (C=O) groups excluding carboxylic acids is 2. The molecule has 0 aliphatic heterocycles. The average molecular weight is 395 g/mol. The third-order valence-electron chi connectivity index (χ3n) is 3.24. The zero-order valence-electron chi connectivity index (χ0n) is 14.6. The highest BCUT2D eigenvalue weighted by molar-refractivity contribution is 7.07. The van der Waals surface area contributed by atoms with Gasteiger partial charge in [0.2, 0.25) is 0 Å². The minimum absolute atomic E-state index is 0.0686. The number of nitrogens with one attached hydrogen (secondary N) is 2. The Morgan fingerprint density at radius 2 is 2.04 bits per heavy atom. The number of benzene rings is 1. The van der Waals surface area contributed by atoms with Crippen LogP contribution in [0.1, 0.15) is 25.6 Å². The van der Waals surface area contributed by atoms with Crippen LogP contribution in [0, 0.1) is 11.7 Å². The monoisotopic (exact) mass is 395 g/mol. The molecule has 10 heteroatoms. The van der Waals surface area contributed by atoms with Crippen LogP contribution in [0.25, 0.3) is 0 Å². The number of ether oxygens (including phenoxy) is 1.